The molecule has 1 aromatic carbocycles. The minimum absolute atomic E-state index is 0.432. The van der Waals surface area contributed by atoms with Crippen molar-refractivity contribution in [2.75, 3.05) is 5.73 Å². The fourth-order valence-electron chi connectivity index (χ4n) is 2.75. The molecule has 21 heavy (non-hydrogen) atoms. The molecule has 0 unspecified atom stereocenters. The van der Waals surface area contributed by atoms with Gasteiger partial charge in [-0.2, -0.15) is 0 Å². The predicted octanol–water partition coefficient (Wildman–Crippen LogP) is 5.45. The summed E-state index contributed by atoms with van der Waals surface area (Å²) in [6, 6.07) is 5.43. The summed E-state index contributed by atoms with van der Waals surface area (Å²) in [5.41, 5.74) is 7.73. The van der Waals surface area contributed by atoms with E-state index in [9.17, 15) is 0 Å². The number of aromatic nitrogens is 2. The molecule has 0 spiro atoms. The van der Waals surface area contributed by atoms with Crippen LogP contribution in [0.3, 0.4) is 0 Å². The fraction of sp³-hybridized carbons (Fsp3) is 0.333. The molecule has 1 heterocycles. The lowest BCUT2D eigenvalue weighted by molar-refractivity contribution is 0.691. The number of nitrogen functional groups attached to an aromatic ring is 1. The minimum Gasteiger partial charge on any atom is -0.383 e. The first-order chi connectivity index (χ1) is 10.1. The van der Waals surface area contributed by atoms with Gasteiger partial charge in [0.1, 0.15) is 5.82 Å². The van der Waals surface area contributed by atoms with Crippen LogP contribution in [0.5, 0.6) is 0 Å². The summed E-state index contributed by atoms with van der Waals surface area (Å²) < 4.78 is 0.802. The van der Waals surface area contributed by atoms with Crippen molar-refractivity contribution in [1.29, 1.82) is 0 Å². The van der Waals surface area contributed by atoms with Crippen LogP contribution in [0.15, 0.2) is 22.7 Å². The molecular weight excluding hydrogens is 373 g/mol. The molecule has 1 fully saturated rings. The van der Waals surface area contributed by atoms with Crippen molar-refractivity contribution in [3.63, 3.8) is 0 Å². The van der Waals surface area contributed by atoms with E-state index >= 15 is 0 Å². The van der Waals surface area contributed by atoms with Gasteiger partial charge in [-0.1, -0.05) is 42.1 Å². The Bertz CT molecular complexity index is 685. The average Bonchev–Trinajstić information content (AvgIpc) is 2.99. The van der Waals surface area contributed by atoms with Gasteiger partial charge in [0.15, 0.2) is 5.82 Å². The van der Waals surface area contributed by atoms with Gasteiger partial charge in [-0.3, -0.25) is 0 Å². The zero-order valence-corrected chi connectivity index (χ0v) is 14.3. The van der Waals surface area contributed by atoms with E-state index in [4.69, 9.17) is 33.9 Å². The molecule has 0 saturated heterocycles. The highest BCUT2D eigenvalue weighted by molar-refractivity contribution is 9.10. The van der Waals surface area contributed by atoms with Crippen LogP contribution in [-0.4, -0.2) is 9.97 Å². The van der Waals surface area contributed by atoms with Crippen molar-refractivity contribution in [2.24, 2.45) is 0 Å². The highest BCUT2D eigenvalue weighted by Gasteiger charge is 2.24. The molecule has 0 amide bonds. The second kappa shape index (κ2) is 6.11. The molecule has 0 bridgehead atoms. The summed E-state index contributed by atoms with van der Waals surface area (Å²) in [6.07, 6.45) is 4.73. The van der Waals surface area contributed by atoms with Gasteiger partial charge in [0.05, 0.1) is 20.2 Å². The van der Waals surface area contributed by atoms with Crippen molar-refractivity contribution in [3.05, 3.63) is 38.4 Å². The maximum absolute atomic E-state index is 6.27. The lowest BCUT2D eigenvalue weighted by Gasteiger charge is -2.14. The fourth-order valence-corrected chi connectivity index (χ4v) is 3.64. The van der Waals surface area contributed by atoms with Crippen LogP contribution in [-0.2, 0) is 0 Å². The molecule has 1 saturated carbocycles. The molecule has 3 nitrogen and oxygen atoms in total. The first-order valence-electron chi connectivity index (χ1n) is 6.85. The second-order valence-corrected chi connectivity index (χ2v) is 6.79. The number of rotatable bonds is 2. The number of hydrogen-bond donors (Lipinski definition) is 1. The molecule has 1 aromatic heterocycles. The quantitative estimate of drug-likeness (QED) is 0.746. The van der Waals surface area contributed by atoms with E-state index in [1.165, 1.54) is 12.8 Å². The Balaban J connectivity index is 2.13. The third-order valence-corrected chi connectivity index (χ3v) is 5.47. The molecule has 1 aliphatic rings. The molecule has 1 aliphatic carbocycles. The Hall–Kier alpha value is -0.840. The maximum Gasteiger partial charge on any atom is 0.163 e. The first-order valence-corrected chi connectivity index (χ1v) is 8.40. The van der Waals surface area contributed by atoms with Crippen molar-refractivity contribution in [3.8, 4) is 11.4 Å². The zero-order valence-electron chi connectivity index (χ0n) is 11.2. The van der Waals surface area contributed by atoms with E-state index in [1.54, 1.807) is 6.07 Å². The third kappa shape index (κ3) is 2.89. The Morgan fingerprint density at radius 2 is 1.86 bits per heavy atom. The molecule has 3 rings (SSSR count). The third-order valence-electron chi connectivity index (χ3n) is 3.84. The van der Waals surface area contributed by atoms with Crippen molar-refractivity contribution in [2.45, 2.75) is 31.6 Å². The largest absolute Gasteiger partial charge is 0.383 e. The molecule has 0 radical (unpaired) electrons. The number of halogens is 3. The molecule has 110 valence electrons. The van der Waals surface area contributed by atoms with E-state index in [0.29, 0.717) is 33.2 Å². The number of hydrogen-bond acceptors (Lipinski definition) is 3. The van der Waals surface area contributed by atoms with Gasteiger partial charge in [-0.15, -0.1) is 0 Å². The summed E-state index contributed by atoms with van der Waals surface area (Å²) in [5.74, 6) is 1.41. The summed E-state index contributed by atoms with van der Waals surface area (Å²) in [7, 11) is 0. The predicted molar refractivity (Wildman–Crippen MR) is 90.8 cm³/mol. The molecule has 2 aromatic rings. The van der Waals surface area contributed by atoms with Crippen LogP contribution < -0.4 is 5.73 Å². The number of benzene rings is 1. The standard InChI is InChI=1S/C15H14BrCl2N3/c16-11-13(8-4-1-2-5-8)20-15(21-14(11)19)9-6-3-7-10(17)12(9)18/h3,6-8H,1-2,4-5H2,(H2,19,20,21). The lowest BCUT2D eigenvalue weighted by Crippen LogP contribution is -2.06. The smallest absolute Gasteiger partial charge is 0.163 e. The van der Waals surface area contributed by atoms with Crippen LogP contribution in [0.2, 0.25) is 10.0 Å². The molecule has 6 heteroatoms. The van der Waals surface area contributed by atoms with Gasteiger partial charge in [0.2, 0.25) is 0 Å². The van der Waals surface area contributed by atoms with Gasteiger partial charge in [-0.05, 0) is 40.9 Å². The highest BCUT2D eigenvalue weighted by Crippen LogP contribution is 2.40. The van der Waals surface area contributed by atoms with E-state index in [1.807, 2.05) is 12.1 Å². The monoisotopic (exact) mass is 385 g/mol. The SMILES string of the molecule is Nc1nc(-c2cccc(Cl)c2Cl)nc(C2CCCC2)c1Br. The number of nitrogens with zero attached hydrogens (tertiary/aromatic N) is 2. The summed E-state index contributed by atoms with van der Waals surface area (Å²) >= 11 is 15.9. The van der Waals surface area contributed by atoms with Crippen LogP contribution in [0.1, 0.15) is 37.3 Å². The molecule has 0 atom stereocenters. The first kappa shape index (κ1) is 15.1. The molecule has 2 N–H and O–H groups in total. The number of anilines is 1. The van der Waals surface area contributed by atoms with Gasteiger partial charge in [0, 0.05) is 11.5 Å². The summed E-state index contributed by atoms with van der Waals surface area (Å²) in [4.78, 5) is 9.06. The van der Waals surface area contributed by atoms with Crippen molar-refractivity contribution in [1.82, 2.24) is 9.97 Å². The van der Waals surface area contributed by atoms with E-state index in [2.05, 4.69) is 20.9 Å². The van der Waals surface area contributed by atoms with Gasteiger partial charge >= 0.3 is 0 Å². The van der Waals surface area contributed by atoms with Crippen LogP contribution >= 0.6 is 39.1 Å². The lowest BCUT2D eigenvalue weighted by atomic mass is 10.0. The van der Waals surface area contributed by atoms with E-state index < -0.39 is 0 Å². The topological polar surface area (TPSA) is 51.8 Å². The molecular formula is C15H14BrCl2N3. The van der Waals surface area contributed by atoms with Gasteiger partial charge in [-0.25, -0.2) is 9.97 Å². The van der Waals surface area contributed by atoms with Crippen molar-refractivity contribution >= 4 is 44.9 Å². The van der Waals surface area contributed by atoms with Crippen molar-refractivity contribution < 1.29 is 0 Å². The highest BCUT2D eigenvalue weighted by atomic mass is 79.9. The Morgan fingerprint density at radius 3 is 2.57 bits per heavy atom. The summed E-state index contributed by atoms with van der Waals surface area (Å²) in [6.45, 7) is 0. The second-order valence-electron chi connectivity index (χ2n) is 5.21. The Morgan fingerprint density at radius 1 is 1.14 bits per heavy atom. The van der Waals surface area contributed by atoms with E-state index in [-0.39, 0.29) is 0 Å². The zero-order chi connectivity index (χ0) is 15.0. The Labute approximate surface area is 142 Å². The maximum atomic E-state index is 6.27. The summed E-state index contributed by atoms with van der Waals surface area (Å²) in [5, 5.41) is 0.944. The number of nitrogens with two attached hydrogens (primary N) is 1. The molecule has 0 aliphatic heterocycles. The van der Waals surface area contributed by atoms with Gasteiger partial charge < -0.3 is 5.73 Å². The van der Waals surface area contributed by atoms with E-state index in [0.717, 1.165) is 23.0 Å². The minimum atomic E-state index is 0.432. The van der Waals surface area contributed by atoms with Gasteiger partial charge in [0.25, 0.3) is 0 Å². The normalized spacial score (nSPS) is 15.6. The Kier molecular flexibility index (Phi) is 4.38. The van der Waals surface area contributed by atoms with Crippen LogP contribution in [0.4, 0.5) is 5.82 Å². The van der Waals surface area contributed by atoms with Crippen LogP contribution in [0, 0.1) is 0 Å². The van der Waals surface area contributed by atoms with Crippen LogP contribution in [0.25, 0.3) is 11.4 Å². The average molecular weight is 387 g/mol.